The minimum atomic E-state index is -2.00. The maximum Gasteiger partial charge on any atom is 0.408 e. The summed E-state index contributed by atoms with van der Waals surface area (Å²) in [5, 5.41) is 13.0. The summed E-state index contributed by atoms with van der Waals surface area (Å²) in [6, 6.07) is 15.4. The lowest BCUT2D eigenvalue weighted by atomic mass is 10.1. The average molecular weight is 572 g/mol. The van der Waals surface area contributed by atoms with E-state index in [1.54, 1.807) is 36.4 Å². The zero-order valence-electron chi connectivity index (χ0n) is 24.1. The monoisotopic (exact) mass is 571 g/mol. The van der Waals surface area contributed by atoms with Crippen LogP contribution in [0.4, 0.5) is 4.79 Å². The highest BCUT2D eigenvalue weighted by atomic mass is 28.4. The van der Waals surface area contributed by atoms with Crippen molar-refractivity contribution in [3.63, 3.8) is 0 Å². The van der Waals surface area contributed by atoms with Crippen molar-refractivity contribution in [1.82, 2.24) is 5.32 Å². The van der Waals surface area contributed by atoms with Crippen molar-refractivity contribution in [3.05, 3.63) is 77.9 Å². The van der Waals surface area contributed by atoms with Gasteiger partial charge in [0.15, 0.2) is 8.32 Å². The van der Waals surface area contributed by atoms with Crippen molar-refractivity contribution in [1.29, 1.82) is 0 Å². The number of carbonyl (C=O) groups is 2. The molecule has 0 aromatic heterocycles. The van der Waals surface area contributed by atoms with Gasteiger partial charge in [0.25, 0.3) is 0 Å². The molecule has 1 aliphatic heterocycles. The number of ether oxygens (including phenoxy) is 4. The van der Waals surface area contributed by atoms with Crippen molar-refractivity contribution in [2.24, 2.45) is 0 Å². The smallest absolute Gasteiger partial charge is 0.408 e. The van der Waals surface area contributed by atoms with E-state index < -0.39 is 44.9 Å². The summed E-state index contributed by atoms with van der Waals surface area (Å²) in [5.74, 6) is -0.0362. The van der Waals surface area contributed by atoms with Gasteiger partial charge in [-0.25, -0.2) is 9.59 Å². The van der Waals surface area contributed by atoms with Crippen LogP contribution < -0.4 is 10.1 Å². The van der Waals surface area contributed by atoms with Gasteiger partial charge in [-0.1, -0.05) is 69.3 Å². The third-order valence-corrected chi connectivity index (χ3v) is 11.7. The van der Waals surface area contributed by atoms with Crippen LogP contribution in [0.1, 0.15) is 31.9 Å². The molecule has 2 aromatic rings. The Morgan fingerprint density at radius 1 is 1.02 bits per heavy atom. The summed E-state index contributed by atoms with van der Waals surface area (Å²) in [6.45, 7) is 11.2. The maximum absolute atomic E-state index is 12.3. The summed E-state index contributed by atoms with van der Waals surface area (Å²) in [5.41, 5.74) is 1.62. The lowest BCUT2D eigenvalue weighted by Gasteiger charge is -2.38. The van der Waals surface area contributed by atoms with E-state index in [-0.39, 0.29) is 24.7 Å². The largest absolute Gasteiger partial charge is 0.467 e. The first kappa shape index (κ1) is 31.3. The first-order valence-electron chi connectivity index (χ1n) is 13.3. The highest BCUT2D eigenvalue weighted by Crippen LogP contribution is 2.37. The molecule has 1 aliphatic rings. The van der Waals surface area contributed by atoms with Crippen LogP contribution in [0.3, 0.4) is 0 Å². The van der Waals surface area contributed by atoms with Crippen LogP contribution in [0.5, 0.6) is 5.75 Å². The van der Waals surface area contributed by atoms with Gasteiger partial charge < -0.3 is 33.8 Å². The molecule has 0 fully saturated rings. The van der Waals surface area contributed by atoms with Crippen LogP contribution in [-0.4, -0.2) is 63.7 Å². The topological polar surface area (TPSA) is 113 Å². The van der Waals surface area contributed by atoms with Gasteiger partial charge in [0.1, 0.15) is 30.6 Å². The Morgan fingerprint density at radius 3 is 2.33 bits per heavy atom. The second kappa shape index (κ2) is 13.9. The minimum Gasteiger partial charge on any atom is -0.467 e. The molecular formula is C30H41NO8Si. The van der Waals surface area contributed by atoms with Crippen LogP contribution in [0.2, 0.25) is 18.1 Å². The van der Waals surface area contributed by atoms with Crippen molar-refractivity contribution >= 4 is 20.4 Å². The minimum absolute atomic E-state index is 0.0466. The molecule has 218 valence electrons. The summed E-state index contributed by atoms with van der Waals surface area (Å²) in [4.78, 5) is 24.6. The van der Waals surface area contributed by atoms with E-state index in [0.717, 1.165) is 11.1 Å². The zero-order chi connectivity index (χ0) is 29.3. The molecule has 2 N–H and O–H groups in total. The van der Waals surface area contributed by atoms with Gasteiger partial charge >= 0.3 is 12.1 Å². The van der Waals surface area contributed by atoms with E-state index in [1.807, 2.05) is 30.3 Å². The molecule has 0 aliphatic carbocycles. The number of rotatable bonds is 11. The van der Waals surface area contributed by atoms with E-state index in [0.29, 0.717) is 5.75 Å². The lowest BCUT2D eigenvalue weighted by molar-refractivity contribution is -0.143. The third kappa shape index (κ3) is 9.19. The fourth-order valence-electron chi connectivity index (χ4n) is 3.66. The van der Waals surface area contributed by atoms with Crippen molar-refractivity contribution in [3.8, 4) is 5.75 Å². The van der Waals surface area contributed by atoms with Crippen LogP contribution in [0.15, 0.2) is 66.7 Å². The second-order valence-corrected chi connectivity index (χ2v) is 16.0. The van der Waals surface area contributed by atoms with Crippen LogP contribution in [-0.2, 0) is 36.5 Å². The highest BCUT2D eigenvalue weighted by Gasteiger charge is 2.39. The molecule has 3 rings (SSSR count). The summed E-state index contributed by atoms with van der Waals surface area (Å²) in [6.07, 6.45) is 0.796. The molecule has 2 aromatic carbocycles. The fraction of sp³-hybridized carbons (Fsp3) is 0.467. The molecule has 1 amide bonds. The zero-order valence-corrected chi connectivity index (χ0v) is 25.1. The Labute approximate surface area is 237 Å². The number of nitrogens with one attached hydrogen (secondary N) is 1. The molecule has 0 unspecified atom stereocenters. The summed E-state index contributed by atoms with van der Waals surface area (Å²) in [7, 11) is -0.733. The number of amides is 1. The molecule has 0 radical (unpaired) electrons. The van der Waals surface area contributed by atoms with Crippen LogP contribution in [0.25, 0.3) is 0 Å². The Hall–Kier alpha value is -3.18. The molecule has 4 atom stereocenters. The van der Waals surface area contributed by atoms with E-state index in [2.05, 4.69) is 39.2 Å². The Bertz CT molecular complexity index is 1130. The van der Waals surface area contributed by atoms with Gasteiger partial charge in [0.05, 0.1) is 13.7 Å². The molecule has 9 nitrogen and oxygen atoms in total. The molecular weight excluding hydrogens is 530 g/mol. The number of carbonyl (C=O) groups excluding carboxylic acids is 2. The second-order valence-electron chi connectivity index (χ2n) is 11.2. The van der Waals surface area contributed by atoms with Crippen LogP contribution in [0, 0.1) is 0 Å². The first-order chi connectivity index (χ1) is 18.9. The Kier molecular flexibility index (Phi) is 10.9. The van der Waals surface area contributed by atoms with E-state index in [1.165, 1.54) is 7.11 Å². The van der Waals surface area contributed by atoms with Crippen molar-refractivity contribution in [2.75, 3.05) is 13.7 Å². The quantitative estimate of drug-likeness (QED) is 0.226. The number of esters is 1. The third-order valence-electron chi connectivity index (χ3n) is 7.18. The lowest BCUT2D eigenvalue weighted by Crippen LogP contribution is -2.47. The predicted octanol–water partition coefficient (Wildman–Crippen LogP) is 4.74. The van der Waals surface area contributed by atoms with E-state index in [4.69, 9.17) is 23.4 Å². The number of aliphatic hydroxyl groups is 1. The number of benzene rings is 2. The van der Waals surface area contributed by atoms with Gasteiger partial charge in [-0.05, 0) is 47.5 Å². The number of methoxy groups -OCH3 is 1. The first-order valence-corrected chi connectivity index (χ1v) is 16.3. The number of aliphatic hydroxyl groups excluding tert-OH is 1. The SMILES string of the molecule is COC(=O)[C@@H](Cc1ccc(O[C@@H]2C=C[C@H](O)[C@@H](CO[Si](C)(C)C(C)(C)C)O2)cc1)NC(=O)OCc1ccccc1. The molecule has 40 heavy (non-hydrogen) atoms. The molecule has 0 spiro atoms. The van der Waals surface area contributed by atoms with Crippen molar-refractivity contribution in [2.45, 2.75) is 76.5 Å². The summed E-state index contributed by atoms with van der Waals surface area (Å²) < 4.78 is 28.3. The summed E-state index contributed by atoms with van der Waals surface area (Å²) >= 11 is 0. The molecule has 0 saturated carbocycles. The molecule has 0 bridgehead atoms. The van der Waals surface area contributed by atoms with E-state index >= 15 is 0 Å². The highest BCUT2D eigenvalue weighted by molar-refractivity contribution is 6.74. The predicted molar refractivity (Wildman–Crippen MR) is 153 cm³/mol. The number of alkyl carbamates (subject to hydrolysis) is 1. The Balaban J connectivity index is 1.54. The Morgan fingerprint density at radius 2 is 1.70 bits per heavy atom. The molecule has 0 saturated heterocycles. The van der Waals surface area contributed by atoms with Gasteiger partial charge in [-0.2, -0.15) is 0 Å². The number of hydrogen-bond donors (Lipinski definition) is 2. The normalized spacial score (nSPS) is 19.9. The van der Waals surface area contributed by atoms with Crippen LogP contribution >= 0.6 is 0 Å². The fourth-order valence-corrected chi connectivity index (χ4v) is 4.67. The van der Waals surface area contributed by atoms with Crippen molar-refractivity contribution < 1.29 is 38.1 Å². The number of hydrogen-bond acceptors (Lipinski definition) is 8. The van der Waals surface area contributed by atoms with Gasteiger partial charge in [-0.15, -0.1) is 0 Å². The maximum atomic E-state index is 12.3. The van der Waals surface area contributed by atoms with E-state index in [9.17, 15) is 14.7 Å². The van der Waals surface area contributed by atoms with Gasteiger partial charge in [0.2, 0.25) is 6.29 Å². The van der Waals surface area contributed by atoms with Gasteiger partial charge in [0, 0.05) is 6.42 Å². The van der Waals surface area contributed by atoms with Gasteiger partial charge in [-0.3, -0.25) is 0 Å². The molecule has 10 heteroatoms. The average Bonchev–Trinajstić information content (AvgIpc) is 2.92. The standard InChI is InChI=1S/C30H41NO8Si/c1-30(2,3)40(5,6)37-20-26-25(32)16-17-27(39-26)38-23-14-12-21(13-15-23)18-24(28(33)35-4)31-29(34)36-19-22-10-8-7-9-11-22/h7-17,24-27,32H,18-20H2,1-6H3,(H,31,34)/t24-,25+,26-,27+/m1/s1. The molecule has 1 heterocycles.